The van der Waals surface area contributed by atoms with Crippen molar-refractivity contribution in [2.24, 2.45) is 5.73 Å². The first-order valence-corrected chi connectivity index (χ1v) is 9.85. The van der Waals surface area contributed by atoms with E-state index in [-0.39, 0.29) is 0 Å². The van der Waals surface area contributed by atoms with Crippen molar-refractivity contribution < 1.29 is 19.8 Å². The highest BCUT2D eigenvalue weighted by molar-refractivity contribution is 5.63. The van der Waals surface area contributed by atoms with E-state index in [9.17, 15) is 0 Å². The molecule has 3 rings (SSSR count). The van der Waals surface area contributed by atoms with Gasteiger partial charge in [0.15, 0.2) is 0 Å². The van der Waals surface area contributed by atoms with Crippen molar-refractivity contribution in [1.82, 2.24) is 5.32 Å². The second-order valence-corrected chi connectivity index (χ2v) is 6.60. The van der Waals surface area contributed by atoms with Gasteiger partial charge in [0.2, 0.25) is 0 Å². The highest BCUT2D eigenvalue weighted by atomic mass is 16.4. The van der Waals surface area contributed by atoms with Gasteiger partial charge in [-0.2, -0.15) is 0 Å². The molecule has 0 spiro atoms. The van der Waals surface area contributed by atoms with E-state index in [1.165, 1.54) is 16.7 Å². The molecule has 0 aliphatic carbocycles. The maximum Gasteiger partial charge on any atom is 0.300 e. The summed E-state index contributed by atoms with van der Waals surface area (Å²) in [6, 6.07) is 31.7. The number of rotatable bonds is 6. The third-order valence-corrected chi connectivity index (χ3v) is 4.15. The van der Waals surface area contributed by atoms with Gasteiger partial charge in [0.05, 0.1) is 5.54 Å². The molecule has 0 saturated heterocycles. The van der Waals surface area contributed by atoms with Crippen LogP contribution in [0.3, 0.4) is 0 Å². The van der Waals surface area contributed by atoms with Crippen LogP contribution in [0.1, 0.15) is 30.5 Å². The number of nitrogens with one attached hydrogen (secondary N) is 1. The zero-order valence-corrected chi connectivity index (χ0v) is 17.9. The molecule has 0 radical (unpaired) electrons. The van der Waals surface area contributed by atoms with Gasteiger partial charge < -0.3 is 15.9 Å². The van der Waals surface area contributed by atoms with Crippen LogP contribution in [-0.2, 0) is 15.1 Å². The predicted molar refractivity (Wildman–Crippen MR) is 123 cm³/mol. The number of carbonyl (C=O) groups is 2. The Morgan fingerprint density at radius 1 is 0.710 bits per heavy atom. The van der Waals surface area contributed by atoms with Crippen LogP contribution in [0.25, 0.3) is 0 Å². The van der Waals surface area contributed by atoms with Gasteiger partial charge in [0.25, 0.3) is 11.9 Å². The van der Waals surface area contributed by atoms with Crippen LogP contribution in [0.15, 0.2) is 91.0 Å². The highest BCUT2D eigenvalue weighted by Crippen LogP contribution is 2.36. The fourth-order valence-electron chi connectivity index (χ4n) is 3.13. The number of carboxylic acid groups (broad SMARTS) is 2. The molecule has 5 N–H and O–H groups in total. The summed E-state index contributed by atoms with van der Waals surface area (Å²) < 4.78 is 0. The van der Waals surface area contributed by atoms with Crippen LogP contribution in [0.4, 0.5) is 0 Å². The van der Waals surface area contributed by atoms with Gasteiger partial charge in [0, 0.05) is 26.9 Å². The number of hydrogen-bond acceptors (Lipinski definition) is 4. The Hall–Kier alpha value is -3.48. The second-order valence-electron chi connectivity index (χ2n) is 6.60. The molecule has 0 saturated carbocycles. The lowest BCUT2D eigenvalue weighted by atomic mass is 9.77. The van der Waals surface area contributed by atoms with Crippen LogP contribution < -0.4 is 11.1 Å². The number of hydrogen-bond donors (Lipinski definition) is 4. The topological polar surface area (TPSA) is 113 Å². The molecule has 0 atom stereocenters. The largest absolute Gasteiger partial charge is 0.481 e. The van der Waals surface area contributed by atoms with E-state index in [1.807, 2.05) is 18.2 Å². The standard InChI is InChI=1S/C21H22N2.2C2H4O2/c22-16-17-23-21(18-10-4-1-5-11-18,19-12-6-2-7-13-19)20-14-8-3-9-15-20;2*1-2(3)4/h1-15,23H,16-17,22H2;2*1H3,(H,3,4). The SMILES string of the molecule is CC(=O)O.CC(=O)O.NCCNC(c1ccccc1)(c1ccccc1)c1ccccc1. The van der Waals surface area contributed by atoms with Gasteiger partial charge in [-0.1, -0.05) is 91.0 Å². The van der Waals surface area contributed by atoms with E-state index in [0.717, 1.165) is 20.4 Å². The minimum atomic E-state index is -0.833. The van der Waals surface area contributed by atoms with Gasteiger partial charge in [-0.25, -0.2) is 0 Å². The van der Waals surface area contributed by atoms with E-state index < -0.39 is 17.5 Å². The number of aliphatic carboxylic acids is 2. The molecule has 3 aromatic rings. The average molecular weight is 423 g/mol. The van der Waals surface area contributed by atoms with Gasteiger partial charge in [-0.05, 0) is 16.7 Å². The van der Waals surface area contributed by atoms with Crippen molar-refractivity contribution in [2.45, 2.75) is 19.4 Å². The molecule has 0 aromatic heterocycles. The van der Waals surface area contributed by atoms with Gasteiger partial charge in [-0.15, -0.1) is 0 Å². The Labute approximate surface area is 183 Å². The third kappa shape index (κ3) is 8.42. The van der Waals surface area contributed by atoms with E-state index in [4.69, 9.17) is 25.5 Å². The average Bonchev–Trinajstić information content (AvgIpc) is 2.76. The smallest absolute Gasteiger partial charge is 0.300 e. The van der Waals surface area contributed by atoms with Crippen LogP contribution in [-0.4, -0.2) is 35.2 Å². The monoisotopic (exact) mass is 422 g/mol. The molecule has 0 fully saturated rings. The van der Waals surface area contributed by atoms with Crippen LogP contribution in [0.5, 0.6) is 0 Å². The molecule has 0 unspecified atom stereocenters. The number of benzene rings is 3. The molecule has 3 aromatic carbocycles. The fraction of sp³-hybridized carbons (Fsp3) is 0.200. The van der Waals surface area contributed by atoms with Crippen molar-refractivity contribution in [3.63, 3.8) is 0 Å². The molecule has 31 heavy (non-hydrogen) atoms. The lowest BCUT2D eigenvalue weighted by Gasteiger charge is -2.37. The van der Waals surface area contributed by atoms with Crippen molar-refractivity contribution in [1.29, 1.82) is 0 Å². The van der Waals surface area contributed by atoms with Crippen molar-refractivity contribution >= 4 is 11.9 Å². The Bertz CT molecular complexity index is 784. The zero-order chi connectivity index (χ0) is 23.1. The Morgan fingerprint density at radius 2 is 0.968 bits per heavy atom. The lowest BCUT2D eigenvalue weighted by Crippen LogP contribution is -2.46. The van der Waals surface area contributed by atoms with E-state index in [1.54, 1.807) is 0 Å². The molecule has 0 amide bonds. The second kappa shape index (κ2) is 13.7. The maximum absolute atomic E-state index is 9.00. The molecule has 6 nitrogen and oxygen atoms in total. The third-order valence-electron chi connectivity index (χ3n) is 4.15. The number of nitrogens with two attached hydrogens (primary N) is 1. The molecule has 0 aliphatic heterocycles. The molecule has 0 heterocycles. The van der Waals surface area contributed by atoms with Crippen molar-refractivity contribution in [2.75, 3.05) is 13.1 Å². The lowest BCUT2D eigenvalue weighted by molar-refractivity contribution is -0.135. The molecule has 6 heteroatoms. The normalized spacial score (nSPS) is 10.0. The van der Waals surface area contributed by atoms with Gasteiger partial charge >= 0.3 is 0 Å². The van der Waals surface area contributed by atoms with Crippen molar-refractivity contribution in [3.8, 4) is 0 Å². The maximum atomic E-state index is 9.00. The first kappa shape index (κ1) is 25.6. The molecular formula is C25H30N2O4. The summed E-state index contributed by atoms with van der Waals surface area (Å²) in [6.45, 7) is 3.49. The summed E-state index contributed by atoms with van der Waals surface area (Å²) in [5.41, 5.74) is 9.05. The summed E-state index contributed by atoms with van der Waals surface area (Å²) in [4.78, 5) is 18.0. The first-order chi connectivity index (χ1) is 14.8. The fourth-order valence-corrected chi connectivity index (χ4v) is 3.13. The first-order valence-electron chi connectivity index (χ1n) is 9.85. The number of carboxylic acids is 2. The summed E-state index contributed by atoms with van der Waals surface area (Å²) in [5, 5.41) is 18.5. The molecule has 164 valence electrons. The van der Waals surface area contributed by atoms with Crippen LogP contribution in [0.2, 0.25) is 0 Å². The van der Waals surface area contributed by atoms with E-state index >= 15 is 0 Å². The van der Waals surface area contributed by atoms with Crippen LogP contribution >= 0.6 is 0 Å². The van der Waals surface area contributed by atoms with Gasteiger partial charge in [-0.3, -0.25) is 14.9 Å². The summed E-state index contributed by atoms with van der Waals surface area (Å²) in [6.07, 6.45) is 0. The van der Waals surface area contributed by atoms with E-state index in [2.05, 4.69) is 78.1 Å². The Kier molecular flexibility index (Phi) is 11.3. The molecule has 0 aliphatic rings. The summed E-state index contributed by atoms with van der Waals surface area (Å²) >= 11 is 0. The van der Waals surface area contributed by atoms with Crippen molar-refractivity contribution in [3.05, 3.63) is 108 Å². The highest BCUT2D eigenvalue weighted by Gasteiger charge is 2.35. The summed E-state index contributed by atoms with van der Waals surface area (Å²) in [7, 11) is 0. The molecule has 0 bridgehead atoms. The molecular weight excluding hydrogens is 392 g/mol. The van der Waals surface area contributed by atoms with E-state index in [0.29, 0.717) is 6.54 Å². The zero-order valence-electron chi connectivity index (χ0n) is 17.9. The minimum Gasteiger partial charge on any atom is -0.481 e. The quantitative estimate of drug-likeness (QED) is 0.451. The minimum absolute atomic E-state index is 0.400. The Morgan fingerprint density at radius 3 is 1.19 bits per heavy atom. The summed E-state index contributed by atoms with van der Waals surface area (Å²) in [5.74, 6) is -1.67. The predicted octanol–water partition coefficient (Wildman–Crippen LogP) is 3.71. The van der Waals surface area contributed by atoms with Gasteiger partial charge in [0.1, 0.15) is 0 Å². The van der Waals surface area contributed by atoms with Crippen LogP contribution in [0, 0.1) is 0 Å². The Balaban J connectivity index is 0.000000519.